The minimum atomic E-state index is -0.536. The van der Waals surface area contributed by atoms with Gasteiger partial charge in [-0.15, -0.1) is 11.6 Å². The van der Waals surface area contributed by atoms with Gasteiger partial charge in [0.2, 0.25) is 5.91 Å². The summed E-state index contributed by atoms with van der Waals surface area (Å²) >= 11 is 5.76. The van der Waals surface area contributed by atoms with E-state index >= 15 is 0 Å². The van der Waals surface area contributed by atoms with Crippen LogP contribution >= 0.6 is 11.6 Å². The van der Waals surface area contributed by atoms with Crippen LogP contribution in [0.2, 0.25) is 0 Å². The molecule has 1 rings (SSSR count). The van der Waals surface area contributed by atoms with Gasteiger partial charge in [-0.2, -0.15) is 0 Å². The van der Waals surface area contributed by atoms with E-state index in [9.17, 15) is 4.79 Å². The highest BCUT2D eigenvalue weighted by atomic mass is 35.5. The summed E-state index contributed by atoms with van der Waals surface area (Å²) in [6, 6.07) is 7.76. The molecule has 1 aromatic carbocycles. The van der Waals surface area contributed by atoms with E-state index in [1.807, 2.05) is 38.1 Å². The predicted molar refractivity (Wildman–Crippen MR) is 78.6 cm³/mol. The van der Waals surface area contributed by atoms with Gasteiger partial charge in [-0.05, 0) is 38.0 Å². The van der Waals surface area contributed by atoms with Gasteiger partial charge in [0.05, 0.1) is 12.0 Å². The van der Waals surface area contributed by atoms with Crippen molar-refractivity contribution in [2.45, 2.75) is 33.7 Å². The van der Waals surface area contributed by atoms with E-state index in [1.165, 1.54) is 0 Å². The highest BCUT2D eigenvalue weighted by Gasteiger charge is 2.25. The number of amides is 1. The number of ether oxygens (including phenoxy) is 1. The van der Waals surface area contributed by atoms with Crippen molar-refractivity contribution in [2.75, 3.05) is 12.5 Å². The first-order chi connectivity index (χ1) is 8.99. The fraction of sp³-hybridized carbons (Fsp3) is 0.533. The van der Waals surface area contributed by atoms with Crippen molar-refractivity contribution in [1.29, 1.82) is 0 Å². The monoisotopic (exact) mass is 283 g/mol. The molecule has 106 valence electrons. The Morgan fingerprint density at radius 1 is 1.32 bits per heavy atom. The first-order valence-electron chi connectivity index (χ1n) is 6.55. The third-order valence-electron chi connectivity index (χ3n) is 2.80. The Bertz CT molecular complexity index is 401. The zero-order valence-electron chi connectivity index (χ0n) is 11.8. The van der Waals surface area contributed by atoms with Gasteiger partial charge in [-0.25, -0.2) is 0 Å². The van der Waals surface area contributed by atoms with E-state index in [0.29, 0.717) is 12.4 Å². The molecule has 0 atom stereocenters. The molecule has 0 unspecified atom stereocenters. The van der Waals surface area contributed by atoms with Crippen LogP contribution in [0.1, 0.15) is 32.8 Å². The number of carbonyl (C=O) groups is 1. The van der Waals surface area contributed by atoms with Crippen LogP contribution in [0, 0.1) is 5.41 Å². The van der Waals surface area contributed by atoms with Crippen molar-refractivity contribution < 1.29 is 9.53 Å². The average Bonchev–Trinajstić information content (AvgIpc) is 2.43. The topological polar surface area (TPSA) is 38.3 Å². The van der Waals surface area contributed by atoms with Gasteiger partial charge in [0, 0.05) is 12.4 Å². The third-order valence-corrected chi connectivity index (χ3v) is 3.47. The number of halogens is 1. The lowest BCUT2D eigenvalue weighted by Crippen LogP contribution is -2.37. The molecule has 0 aliphatic carbocycles. The lowest BCUT2D eigenvalue weighted by atomic mass is 9.95. The zero-order chi connectivity index (χ0) is 14.3. The molecular formula is C15H22ClNO2. The van der Waals surface area contributed by atoms with Crippen LogP contribution in [0.5, 0.6) is 5.75 Å². The van der Waals surface area contributed by atoms with Crippen molar-refractivity contribution >= 4 is 17.5 Å². The molecule has 0 spiro atoms. The summed E-state index contributed by atoms with van der Waals surface area (Å²) in [5, 5.41) is 2.89. The van der Waals surface area contributed by atoms with Gasteiger partial charge in [0.15, 0.2) is 0 Å². The number of hydrogen-bond donors (Lipinski definition) is 1. The first-order valence-corrected chi connectivity index (χ1v) is 7.09. The van der Waals surface area contributed by atoms with Crippen molar-refractivity contribution in [3.63, 3.8) is 0 Å². The van der Waals surface area contributed by atoms with E-state index in [-0.39, 0.29) is 5.91 Å². The molecule has 1 amide bonds. The molecule has 19 heavy (non-hydrogen) atoms. The Morgan fingerprint density at radius 2 is 1.95 bits per heavy atom. The molecule has 4 heteroatoms. The predicted octanol–water partition coefficient (Wildman–Crippen LogP) is 3.36. The Labute approximate surface area is 120 Å². The smallest absolute Gasteiger partial charge is 0.227 e. The lowest BCUT2D eigenvalue weighted by Gasteiger charge is -2.20. The lowest BCUT2D eigenvalue weighted by molar-refractivity contribution is -0.128. The van der Waals surface area contributed by atoms with Gasteiger partial charge in [-0.1, -0.05) is 19.1 Å². The van der Waals surface area contributed by atoms with E-state index < -0.39 is 5.41 Å². The summed E-state index contributed by atoms with van der Waals surface area (Å²) in [5.41, 5.74) is 0.508. The second-order valence-corrected chi connectivity index (χ2v) is 5.46. The molecule has 0 saturated heterocycles. The quantitative estimate of drug-likeness (QED) is 0.779. The van der Waals surface area contributed by atoms with Crippen LogP contribution in [-0.2, 0) is 11.3 Å². The summed E-state index contributed by atoms with van der Waals surface area (Å²) in [6.07, 6.45) is 0.991. The Morgan fingerprint density at radius 3 is 2.47 bits per heavy atom. The van der Waals surface area contributed by atoms with Crippen LogP contribution in [0.25, 0.3) is 0 Å². The van der Waals surface area contributed by atoms with Crippen molar-refractivity contribution in [2.24, 2.45) is 5.41 Å². The van der Waals surface area contributed by atoms with Crippen LogP contribution in [0.4, 0.5) is 0 Å². The molecule has 0 aliphatic heterocycles. The maximum Gasteiger partial charge on any atom is 0.227 e. The van der Waals surface area contributed by atoms with Gasteiger partial charge < -0.3 is 10.1 Å². The molecule has 0 aliphatic rings. The summed E-state index contributed by atoms with van der Waals surface area (Å²) in [6.45, 7) is 6.96. The number of carbonyl (C=O) groups excluding carboxylic acids is 1. The zero-order valence-corrected chi connectivity index (χ0v) is 12.6. The van der Waals surface area contributed by atoms with E-state index in [0.717, 1.165) is 24.3 Å². The number of nitrogens with one attached hydrogen (secondary N) is 1. The maximum atomic E-state index is 11.9. The van der Waals surface area contributed by atoms with Gasteiger partial charge in [0.1, 0.15) is 5.75 Å². The SMILES string of the molecule is CCCOc1ccc(CNC(=O)C(C)(C)CCl)cc1. The Kier molecular flexibility index (Phi) is 6.16. The summed E-state index contributed by atoms with van der Waals surface area (Å²) in [4.78, 5) is 11.9. The molecule has 1 N–H and O–H groups in total. The standard InChI is InChI=1S/C15H22ClNO2/c1-4-9-19-13-7-5-12(6-8-13)10-17-14(18)15(2,3)11-16/h5-8H,4,9-11H2,1-3H3,(H,17,18). The summed E-state index contributed by atoms with van der Waals surface area (Å²) < 4.78 is 5.50. The number of alkyl halides is 1. The van der Waals surface area contributed by atoms with E-state index in [4.69, 9.17) is 16.3 Å². The van der Waals surface area contributed by atoms with E-state index in [2.05, 4.69) is 12.2 Å². The average molecular weight is 284 g/mol. The first kappa shape index (κ1) is 15.8. The van der Waals surface area contributed by atoms with Crippen molar-refractivity contribution in [3.8, 4) is 5.75 Å². The van der Waals surface area contributed by atoms with Gasteiger partial charge in [0.25, 0.3) is 0 Å². The molecule has 0 aromatic heterocycles. The summed E-state index contributed by atoms with van der Waals surface area (Å²) in [5.74, 6) is 1.13. The minimum absolute atomic E-state index is 0.0335. The van der Waals surface area contributed by atoms with Gasteiger partial charge in [-0.3, -0.25) is 4.79 Å². The molecule has 3 nitrogen and oxygen atoms in total. The number of benzene rings is 1. The van der Waals surface area contributed by atoms with Crippen LogP contribution in [0.15, 0.2) is 24.3 Å². The highest BCUT2D eigenvalue weighted by molar-refractivity contribution is 6.19. The van der Waals surface area contributed by atoms with Crippen molar-refractivity contribution in [1.82, 2.24) is 5.32 Å². The molecule has 0 heterocycles. The molecule has 1 aromatic rings. The fourth-order valence-electron chi connectivity index (χ4n) is 1.41. The second kappa shape index (κ2) is 7.39. The van der Waals surface area contributed by atoms with Crippen LogP contribution in [-0.4, -0.2) is 18.4 Å². The number of rotatable bonds is 7. The maximum absolute atomic E-state index is 11.9. The highest BCUT2D eigenvalue weighted by Crippen LogP contribution is 2.17. The third kappa shape index (κ3) is 5.11. The largest absolute Gasteiger partial charge is 0.494 e. The molecule has 0 radical (unpaired) electrons. The van der Waals surface area contributed by atoms with E-state index in [1.54, 1.807) is 0 Å². The Hall–Kier alpha value is -1.22. The molecule has 0 saturated carbocycles. The molecule has 0 bridgehead atoms. The van der Waals surface area contributed by atoms with Crippen LogP contribution in [0.3, 0.4) is 0 Å². The minimum Gasteiger partial charge on any atom is -0.494 e. The summed E-state index contributed by atoms with van der Waals surface area (Å²) in [7, 11) is 0. The van der Waals surface area contributed by atoms with Crippen LogP contribution < -0.4 is 10.1 Å². The number of hydrogen-bond acceptors (Lipinski definition) is 2. The Balaban J connectivity index is 2.48. The van der Waals surface area contributed by atoms with Gasteiger partial charge >= 0.3 is 0 Å². The fourth-order valence-corrected chi connectivity index (χ4v) is 1.53. The molecule has 0 fully saturated rings. The molecular weight excluding hydrogens is 262 g/mol. The second-order valence-electron chi connectivity index (χ2n) is 5.19. The normalized spacial score (nSPS) is 11.2. The van der Waals surface area contributed by atoms with Crippen molar-refractivity contribution in [3.05, 3.63) is 29.8 Å².